The van der Waals surface area contributed by atoms with E-state index >= 15 is 0 Å². The molecule has 2 aliphatic rings. The van der Waals surface area contributed by atoms with Crippen molar-refractivity contribution in [3.63, 3.8) is 0 Å². The maximum atomic E-state index is 13.5. The quantitative estimate of drug-likeness (QED) is 0.462. The van der Waals surface area contributed by atoms with Crippen molar-refractivity contribution in [3.8, 4) is 0 Å². The van der Waals surface area contributed by atoms with Crippen LogP contribution in [0.25, 0.3) is 10.9 Å². The molecule has 0 bridgehead atoms. The van der Waals surface area contributed by atoms with Crippen molar-refractivity contribution in [3.05, 3.63) is 101 Å². The summed E-state index contributed by atoms with van der Waals surface area (Å²) in [5.41, 5.74) is 5.62. The number of para-hydroxylation sites is 2. The summed E-state index contributed by atoms with van der Waals surface area (Å²) in [6, 6.07) is 22.3. The summed E-state index contributed by atoms with van der Waals surface area (Å²) in [4.78, 5) is 30.6. The summed E-state index contributed by atoms with van der Waals surface area (Å²) < 4.78 is 15.5. The van der Waals surface area contributed by atoms with E-state index in [9.17, 15) is 14.0 Å². The highest BCUT2D eigenvalue weighted by atomic mass is 19.1. The average molecular weight is 483 g/mol. The smallest absolute Gasteiger partial charge is 0.257 e. The Labute approximate surface area is 208 Å². The molecule has 1 N–H and O–H groups in total. The molecular weight excluding hydrogens is 455 g/mol. The van der Waals surface area contributed by atoms with Crippen molar-refractivity contribution < 1.29 is 14.0 Å². The zero-order valence-electron chi connectivity index (χ0n) is 20.1. The molecule has 3 heterocycles. The third kappa shape index (κ3) is 3.63. The van der Waals surface area contributed by atoms with Crippen LogP contribution in [0.3, 0.4) is 0 Å². The number of nitrogens with zero attached hydrogens (tertiary/aromatic N) is 3. The van der Waals surface area contributed by atoms with Crippen LogP contribution >= 0.6 is 0 Å². The van der Waals surface area contributed by atoms with Gasteiger partial charge in [-0.25, -0.2) is 4.39 Å². The molecule has 7 heteroatoms. The Hall–Kier alpha value is -4.13. The number of hydrogen-bond donors (Lipinski definition) is 1. The van der Waals surface area contributed by atoms with Gasteiger partial charge in [0.25, 0.3) is 5.91 Å². The van der Waals surface area contributed by atoms with Crippen LogP contribution in [0.5, 0.6) is 0 Å². The van der Waals surface area contributed by atoms with Crippen molar-refractivity contribution in [2.75, 3.05) is 25.0 Å². The lowest BCUT2D eigenvalue weighted by Crippen LogP contribution is -2.51. The van der Waals surface area contributed by atoms with Crippen molar-refractivity contribution in [1.29, 1.82) is 0 Å². The molecule has 36 heavy (non-hydrogen) atoms. The molecule has 4 aromatic rings. The molecule has 0 aliphatic carbocycles. The summed E-state index contributed by atoms with van der Waals surface area (Å²) in [6.07, 6.45) is 1.00. The molecule has 1 atom stereocenters. The maximum absolute atomic E-state index is 13.5. The Bertz CT molecular complexity index is 1490. The SMILES string of the molecule is CN1c2ccccc2C(=O)N2CCc3c(n(CC(=O)NCCc4cccc(F)c4)c4ccccc34)C21. The van der Waals surface area contributed by atoms with E-state index in [0.29, 0.717) is 25.1 Å². The highest BCUT2D eigenvalue weighted by Gasteiger charge is 2.42. The van der Waals surface area contributed by atoms with Gasteiger partial charge in [0.2, 0.25) is 5.91 Å². The Balaban J connectivity index is 1.33. The molecule has 1 aromatic heterocycles. The number of carbonyl (C=O) groups excluding carboxylic acids is 2. The van der Waals surface area contributed by atoms with Gasteiger partial charge in [0, 0.05) is 31.0 Å². The van der Waals surface area contributed by atoms with E-state index in [1.807, 2.05) is 60.5 Å². The van der Waals surface area contributed by atoms with Crippen molar-refractivity contribution in [2.45, 2.75) is 25.6 Å². The molecule has 0 radical (unpaired) electrons. The average Bonchev–Trinajstić information content (AvgIpc) is 3.20. The molecule has 0 fully saturated rings. The molecule has 3 aromatic carbocycles. The van der Waals surface area contributed by atoms with Crippen LogP contribution in [0.15, 0.2) is 72.8 Å². The molecule has 1 unspecified atom stereocenters. The number of carbonyl (C=O) groups is 2. The van der Waals surface area contributed by atoms with Gasteiger partial charge < -0.3 is 19.7 Å². The van der Waals surface area contributed by atoms with Gasteiger partial charge in [-0.3, -0.25) is 9.59 Å². The Morgan fingerprint density at radius 1 is 1.06 bits per heavy atom. The first kappa shape index (κ1) is 22.3. The summed E-state index contributed by atoms with van der Waals surface area (Å²) in [5.74, 6) is -0.366. The van der Waals surface area contributed by atoms with Crippen LogP contribution in [0, 0.1) is 5.82 Å². The molecule has 182 valence electrons. The number of rotatable bonds is 5. The molecule has 2 amide bonds. The van der Waals surface area contributed by atoms with Crippen molar-refractivity contribution in [1.82, 2.24) is 14.8 Å². The molecule has 0 saturated heterocycles. The van der Waals surface area contributed by atoms with Crippen LogP contribution in [-0.2, 0) is 24.2 Å². The van der Waals surface area contributed by atoms with Crippen LogP contribution < -0.4 is 10.2 Å². The lowest BCUT2D eigenvalue weighted by Gasteiger charge is -2.46. The first-order chi connectivity index (χ1) is 17.5. The second kappa shape index (κ2) is 8.82. The Morgan fingerprint density at radius 3 is 2.72 bits per heavy atom. The van der Waals surface area contributed by atoms with E-state index < -0.39 is 0 Å². The Morgan fingerprint density at radius 2 is 1.86 bits per heavy atom. The zero-order chi connectivity index (χ0) is 24.8. The number of aromatic nitrogens is 1. The highest BCUT2D eigenvalue weighted by molar-refractivity contribution is 6.02. The third-order valence-corrected chi connectivity index (χ3v) is 7.33. The van der Waals surface area contributed by atoms with Crippen molar-refractivity contribution in [2.24, 2.45) is 0 Å². The van der Waals surface area contributed by atoms with Gasteiger partial charge in [-0.05, 0) is 54.3 Å². The van der Waals surface area contributed by atoms with Gasteiger partial charge in [0.05, 0.1) is 16.9 Å². The van der Waals surface area contributed by atoms with Crippen molar-refractivity contribution >= 4 is 28.4 Å². The lowest BCUT2D eigenvalue weighted by molar-refractivity contribution is -0.121. The van der Waals surface area contributed by atoms with Gasteiger partial charge in [-0.15, -0.1) is 0 Å². The van der Waals surface area contributed by atoms with Gasteiger partial charge >= 0.3 is 0 Å². The summed E-state index contributed by atoms with van der Waals surface area (Å²) in [6.45, 7) is 1.20. The van der Waals surface area contributed by atoms with Crippen LogP contribution in [0.4, 0.5) is 10.1 Å². The zero-order valence-corrected chi connectivity index (χ0v) is 20.1. The molecule has 6 nitrogen and oxygen atoms in total. The third-order valence-electron chi connectivity index (χ3n) is 7.33. The number of anilines is 1. The molecule has 0 saturated carbocycles. The standard InChI is InChI=1S/C29H27FN4O2/c1-32-24-11-4-3-10-23(24)29(36)33-16-14-22-21-9-2-5-12-25(21)34(27(22)28(32)33)18-26(35)31-15-13-19-7-6-8-20(30)17-19/h2-12,17,28H,13-16,18H2,1H3,(H,31,35). The normalized spacial score (nSPS) is 16.5. The van der Waals surface area contributed by atoms with Crippen LogP contribution in [0.1, 0.15) is 33.3 Å². The van der Waals surface area contributed by atoms with E-state index in [4.69, 9.17) is 0 Å². The molecule has 0 spiro atoms. The number of halogens is 1. The molecule has 6 rings (SSSR count). The van der Waals surface area contributed by atoms with E-state index in [0.717, 1.165) is 34.3 Å². The highest BCUT2D eigenvalue weighted by Crippen LogP contribution is 2.44. The largest absolute Gasteiger partial charge is 0.354 e. The number of amides is 2. The van der Waals surface area contributed by atoms with Gasteiger partial charge in [-0.2, -0.15) is 0 Å². The first-order valence-electron chi connectivity index (χ1n) is 12.3. The van der Waals surface area contributed by atoms with Gasteiger partial charge in [0.15, 0.2) is 0 Å². The van der Waals surface area contributed by atoms with Crippen LogP contribution in [-0.4, -0.2) is 41.4 Å². The van der Waals surface area contributed by atoms with Crippen LogP contribution in [0.2, 0.25) is 0 Å². The monoisotopic (exact) mass is 482 g/mol. The second-order valence-corrected chi connectivity index (χ2v) is 9.45. The summed E-state index contributed by atoms with van der Waals surface area (Å²) >= 11 is 0. The minimum Gasteiger partial charge on any atom is -0.354 e. The summed E-state index contributed by atoms with van der Waals surface area (Å²) in [5, 5.41) is 4.12. The van der Waals surface area contributed by atoms with E-state index in [-0.39, 0.29) is 30.3 Å². The fraction of sp³-hybridized carbons (Fsp3) is 0.241. The van der Waals surface area contributed by atoms with Gasteiger partial charge in [-0.1, -0.05) is 42.5 Å². The first-order valence-corrected chi connectivity index (χ1v) is 12.3. The minimum absolute atomic E-state index is 0.0238. The number of nitrogens with one attached hydrogen (secondary N) is 1. The fourth-order valence-electron chi connectivity index (χ4n) is 5.72. The van der Waals surface area contributed by atoms with E-state index in [1.54, 1.807) is 6.07 Å². The molecular formula is C29H27FN4O2. The predicted molar refractivity (Wildman–Crippen MR) is 137 cm³/mol. The number of hydrogen-bond acceptors (Lipinski definition) is 3. The predicted octanol–water partition coefficient (Wildman–Crippen LogP) is 4.29. The Kier molecular flexibility index (Phi) is 5.48. The van der Waals surface area contributed by atoms with Gasteiger partial charge in [0.1, 0.15) is 18.5 Å². The topological polar surface area (TPSA) is 57.6 Å². The second-order valence-electron chi connectivity index (χ2n) is 9.45. The summed E-state index contributed by atoms with van der Waals surface area (Å²) in [7, 11) is 2.01. The minimum atomic E-state index is -0.288. The number of benzene rings is 3. The number of fused-ring (bicyclic) bond motifs is 6. The lowest BCUT2D eigenvalue weighted by atomic mass is 9.96. The van der Waals surface area contributed by atoms with E-state index in [2.05, 4.69) is 20.9 Å². The fourth-order valence-corrected chi connectivity index (χ4v) is 5.72. The maximum Gasteiger partial charge on any atom is 0.257 e. The van der Waals surface area contributed by atoms with E-state index in [1.165, 1.54) is 17.7 Å². The molecule has 2 aliphatic heterocycles.